The van der Waals surface area contributed by atoms with Crippen molar-refractivity contribution in [2.75, 3.05) is 25.0 Å². The Bertz CT molecular complexity index is 814. The van der Waals surface area contributed by atoms with E-state index in [1.807, 2.05) is 49.4 Å². The van der Waals surface area contributed by atoms with Crippen LogP contribution in [0.2, 0.25) is 0 Å². The van der Waals surface area contributed by atoms with Crippen LogP contribution in [0.15, 0.2) is 48.5 Å². The van der Waals surface area contributed by atoms with E-state index in [-0.39, 0.29) is 17.9 Å². The molecule has 2 N–H and O–H groups in total. The quantitative estimate of drug-likeness (QED) is 0.661. The molecule has 29 heavy (non-hydrogen) atoms. The molecule has 5 heteroatoms. The highest BCUT2D eigenvalue weighted by Crippen LogP contribution is 2.24. The summed E-state index contributed by atoms with van der Waals surface area (Å²) in [5.41, 5.74) is 3.16. The molecule has 0 heterocycles. The fourth-order valence-corrected chi connectivity index (χ4v) is 3.30. The molecule has 156 valence electrons. The molecule has 2 rings (SSSR count). The first kappa shape index (κ1) is 22.6. The van der Waals surface area contributed by atoms with Gasteiger partial charge in [0, 0.05) is 17.8 Å². The normalized spacial score (nSPS) is 12.1. The minimum Gasteiger partial charge on any atom is -0.352 e. The largest absolute Gasteiger partial charge is 0.352 e. The summed E-state index contributed by atoms with van der Waals surface area (Å²) in [4.78, 5) is 27.6. The lowest BCUT2D eigenvalue weighted by Crippen LogP contribution is -2.37. The summed E-state index contributed by atoms with van der Waals surface area (Å²) < 4.78 is 0. The van der Waals surface area contributed by atoms with Crippen molar-refractivity contribution in [1.82, 2.24) is 10.2 Å². The SMILES string of the molecule is CCN(CC)C(C(=O)Nc1ccc(C(=O)NCC(C)C)cc1C)c1ccccc1. The first-order valence-electron chi connectivity index (χ1n) is 10.4. The number of rotatable bonds is 9. The second-order valence-electron chi connectivity index (χ2n) is 7.66. The zero-order valence-electron chi connectivity index (χ0n) is 18.2. The molecule has 0 aromatic heterocycles. The minimum absolute atomic E-state index is 0.0694. The molecule has 0 saturated carbocycles. The fraction of sp³-hybridized carbons (Fsp3) is 0.417. The Morgan fingerprint density at radius 2 is 1.66 bits per heavy atom. The number of hydrogen-bond acceptors (Lipinski definition) is 3. The van der Waals surface area contributed by atoms with Crippen molar-refractivity contribution in [2.45, 2.75) is 40.7 Å². The molecule has 0 saturated heterocycles. The molecular weight excluding hydrogens is 362 g/mol. The number of amides is 2. The lowest BCUT2D eigenvalue weighted by molar-refractivity contribution is -0.121. The predicted molar refractivity (Wildman–Crippen MR) is 119 cm³/mol. The average molecular weight is 396 g/mol. The van der Waals surface area contributed by atoms with Crippen molar-refractivity contribution in [3.63, 3.8) is 0 Å². The summed E-state index contributed by atoms with van der Waals surface area (Å²) in [5, 5.41) is 5.98. The topological polar surface area (TPSA) is 61.4 Å². The number of carbonyl (C=O) groups excluding carboxylic acids is 2. The third kappa shape index (κ3) is 6.16. The molecular formula is C24H33N3O2. The Morgan fingerprint density at radius 1 is 1.00 bits per heavy atom. The van der Waals surface area contributed by atoms with Gasteiger partial charge in [-0.15, -0.1) is 0 Å². The van der Waals surface area contributed by atoms with E-state index in [1.54, 1.807) is 6.07 Å². The Hall–Kier alpha value is -2.66. The van der Waals surface area contributed by atoms with Crippen LogP contribution in [0.5, 0.6) is 0 Å². The maximum Gasteiger partial charge on any atom is 0.251 e. The number of hydrogen-bond donors (Lipinski definition) is 2. The number of likely N-dealkylation sites (N-methyl/N-ethyl adjacent to an activating group) is 1. The van der Waals surface area contributed by atoms with Crippen LogP contribution in [0.1, 0.15) is 55.2 Å². The predicted octanol–water partition coefficient (Wildman–Crippen LogP) is 4.40. The van der Waals surface area contributed by atoms with Crippen LogP contribution in [-0.4, -0.2) is 36.3 Å². The summed E-state index contributed by atoms with van der Waals surface area (Å²) in [6.07, 6.45) is 0. The number of nitrogens with one attached hydrogen (secondary N) is 2. The van der Waals surface area contributed by atoms with Crippen LogP contribution in [0.4, 0.5) is 5.69 Å². The van der Waals surface area contributed by atoms with E-state index in [2.05, 4.69) is 43.2 Å². The van der Waals surface area contributed by atoms with Gasteiger partial charge in [0.2, 0.25) is 5.91 Å². The Balaban J connectivity index is 2.20. The molecule has 0 bridgehead atoms. The van der Waals surface area contributed by atoms with Crippen molar-refractivity contribution in [1.29, 1.82) is 0 Å². The average Bonchev–Trinajstić information content (AvgIpc) is 2.72. The number of aryl methyl sites for hydroxylation is 1. The monoisotopic (exact) mass is 395 g/mol. The van der Waals surface area contributed by atoms with E-state index >= 15 is 0 Å². The van der Waals surface area contributed by atoms with Crippen LogP contribution in [0.25, 0.3) is 0 Å². The highest BCUT2D eigenvalue weighted by Gasteiger charge is 2.26. The van der Waals surface area contributed by atoms with Crippen molar-refractivity contribution in [3.8, 4) is 0 Å². The molecule has 0 radical (unpaired) electrons. The summed E-state index contributed by atoms with van der Waals surface area (Å²) in [7, 11) is 0. The number of nitrogens with zero attached hydrogens (tertiary/aromatic N) is 1. The van der Waals surface area contributed by atoms with Crippen LogP contribution >= 0.6 is 0 Å². The lowest BCUT2D eigenvalue weighted by atomic mass is 10.0. The molecule has 5 nitrogen and oxygen atoms in total. The van der Waals surface area contributed by atoms with E-state index in [0.29, 0.717) is 18.0 Å². The van der Waals surface area contributed by atoms with Crippen LogP contribution in [-0.2, 0) is 4.79 Å². The third-order valence-electron chi connectivity index (χ3n) is 4.96. The Morgan fingerprint density at radius 3 is 2.21 bits per heavy atom. The molecule has 1 atom stereocenters. The van der Waals surface area contributed by atoms with Gasteiger partial charge in [-0.1, -0.05) is 58.0 Å². The van der Waals surface area contributed by atoms with Gasteiger partial charge >= 0.3 is 0 Å². The first-order chi connectivity index (χ1) is 13.9. The van der Waals surface area contributed by atoms with Gasteiger partial charge in [0.15, 0.2) is 0 Å². The van der Waals surface area contributed by atoms with Gasteiger partial charge in [-0.3, -0.25) is 14.5 Å². The summed E-state index contributed by atoms with van der Waals surface area (Å²) >= 11 is 0. The molecule has 2 aromatic rings. The molecule has 2 aromatic carbocycles. The van der Waals surface area contributed by atoms with Gasteiger partial charge in [-0.2, -0.15) is 0 Å². The summed E-state index contributed by atoms with van der Waals surface area (Å²) in [5.74, 6) is 0.235. The summed E-state index contributed by atoms with van der Waals surface area (Å²) in [6, 6.07) is 14.8. The standard InChI is InChI=1S/C24H33N3O2/c1-6-27(7-2)22(19-11-9-8-10-12-19)24(29)26-21-14-13-20(15-18(21)5)23(28)25-16-17(3)4/h8-15,17,22H,6-7,16H2,1-5H3,(H,25,28)(H,26,29). The lowest BCUT2D eigenvalue weighted by Gasteiger charge is -2.29. The first-order valence-corrected chi connectivity index (χ1v) is 10.4. The number of anilines is 1. The molecule has 0 spiro atoms. The highest BCUT2D eigenvalue weighted by atomic mass is 16.2. The zero-order chi connectivity index (χ0) is 21.4. The number of benzene rings is 2. The third-order valence-corrected chi connectivity index (χ3v) is 4.96. The van der Waals surface area contributed by atoms with E-state index in [9.17, 15) is 9.59 Å². The van der Waals surface area contributed by atoms with Crippen molar-refractivity contribution < 1.29 is 9.59 Å². The molecule has 0 aliphatic rings. The molecule has 0 aliphatic carbocycles. The second-order valence-corrected chi connectivity index (χ2v) is 7.66. The molecule has 1 unspecified atom stereocenters. The van der Waals surface area contributed by atoms with E-state index in [0.717, 1.165) is 29.9 Å². The zero-order valence-corrected chi connectivity index (χ0v) is 18.2. The maximum absolute atomic E-state index is 13.2. The van der Waals surface area contributed by atoms with Crippen LogP contribution in [0.3, 0.4) is 0 Å². The van der Waals surface area contributed by atoms with E-state index in [1.165, 1.54) is 0 Å². The van der Waals surface area contributed by atoms with Crippen LogP contribution < -0.4 is 10.6 Å². The molecule has 0 fully saturated rings. The fourth-order valence-electron chi connectivity index (χ4n) is 3.30. The summed E-state index contributed by atoms with van der Waals surface area (Å²) in [6.45, 7) is 12.3. The minimum atomic E-state index is -0.361. The van der Waals surface area contributed by atoms with E-state index in [4.69, 9.17) is 0 Å². The van der Waals surface area contributed by atoms with Crippen molar-refractivity contribution in [2.24, 2.45) is 5.92 Å². The second kappa shape index (κ2) is 10.8. The van der Waals surface area contributed by atoms with Crippen molar-refractivity contribution >= 4 is 17.5 Å². The number of carbonyl (C=O) groups is 2. The van der Waals surface area contributed by atoms with Gasteiger partial charge in [0.05, 0.1) is 0 Å². The van der Waals surface area contributed by atoms with Crippen LogP contribution in [0, 0.1) is 12.8 Å². The smallest absolute Gasteiger partial charge is 0.251 e. The van der Waals surface area contributed by atoms with Gasteiger partial charge in [0.1, 0.15) is 6.04 Å². The van der Waals surface area contributed by atoms with Crippen molar-refractivity contribution in [3.05, 3.63) is 65.2 Å². The van der Waals surface area contributed by atoms with Gasteiger partial charge in [-0.05, 0) is 55.3 Å². The highest BCUT2D eigenvalue weighted by molar-refractivity contribution is 5.98. The van der Waals surface area contributed by atoms with Gasteiger partial charge < -0.3 is 10.6 Å². The molecule has 2 amide bonds. The van der Waals surface area contributed by atoms with Gasteiger partial charge in [-0.25, -0.2) is 0 Å². The maximum atomic E-state index is 13.2. The Kier molecular flexibility index (Phi) is 8.40. The van der Waals surface area contributed by atoms with Gasteiger partial charge in [0.25, 0.3) is 5.91 Å². The molecule has 0 aliphatic heterocycles. The Labute approximate surface area is 174 Å². The van der Waals surface area contributed by atoms with E-state index < -0.39 is 0 Å².